The number of ether oxygens (including phenoxy) is 1. The van der Waals surface area contributed by atoms with Crippen LogP contribution in [0, 0.1) is 0 Å². The van der Waals surface area contributed by atoms with Crippen molar-refractivity contribution in [2.45, 2.75) is 0 Å². The van der Waals surface area contributed by atoms with Gasteiger partial charge in [0.05, 0.1) is 18.3 Å². The van der Waals surface area contributed by atoms with Gasteiger partial charge in [-0.25, -0.2) is 4.98 Å². The van der Waals surface area contributed by atoms with E-state index in [-0.39, 0.29) is 0 Å². The van der Waals surface area contributed by atoms with Gasteiger partial charge in [0.1, 0.15) is 11.6 Å². The number of aromatic nitrogens is 1. The summed E-state index contributed by atoms with van der Waals surface area (Å²) in [5.74, 6) is 1.08. The van der Waals surface area contributed by atoms with Gasteiger partial charge in [0.15, 0.2) is 0 Å². The lowest BCUT2D eigenvalue weighted by Gasteiger charge is -2.04. The van der Waals surface area contributed by atoms with Gasteiger partial charge < -0.3 is 10.5 Å². The lowest BCUT2D eigenvalue weighted by molar-refractivity contribution is 0.415. The first kappa shape index (κ1) is 12.7. The number of nitrogens with one attached hydrogen (secondary N) is 1. The zero-order valence-corrected chi connectivity index (χ0v) is 11.1. The molecule has 0 bridgehead atoms. The topological polar surface area (TPSA) is 72.5 Å². The molecule has 0 saturated carbocycles. The lowest BCUT2D eigenvalue weighted by Crippen LogP contribution is -1.93. The second kappa shape index (κ2) is 5.70. The molecule has 0 unspecified atom stereocenters. The molecule has 0 aliphatic heterocycles. The number of benzene rings is 1. The number of anilines is 2. The van der Waals surface area contributed by atoms with E-state index in [4.69, 9.17) is 22.1 Å². The maximum Gasteiger partial charge on any atom is 0.205 e. The average Bonchev–Trinajstić information content (AvgIpc) is 2.77. The predicted octanol–water partition coefficient (Wildman–Crippen LogP) is 2.83. The molecule has 0 aliphatic carbocycles. The van der Waals surface area contributed by atoms with E-state index in [1.54, 1.807) is 24.8 Å². The molecule has 3 N–H and O–H groups in total. The Hall–Kier alpha value is -1.79. The van der Waals surface area contributed by atoms with E-state index in [0.29, 0.717) is 21.7 Å². The smallest absolute Gasteiger partial charge is 0.205 e. The third kappa shape index (κ3) is 2.91. The standard InChI is InChI=1S/C11H11ClN4OS/c1-17-8-4-2-3-7(10(8)12)5-14-16-11-15-9(13)6-18-11/h2-6H,13H2,1H3,(H,15,16). The first-order chi connectivity index (χ1) is 8.70. The monoisotopic (exact) mass is 282 g/mol. The molecule has 0 saturated heterocycles. The van der Waals surface area contributed by atoms with Gasteiger partial charge in [0, 0.05) is 10.9 Å². The van der Waals surface area contributed by atoms with Gasteiger partial charge in [-0.15, -0.1) is 11.3 Å². The largest absolute Gasteiger partial charge is 0.495 e. The molecule has 1 aromatic heterocycles. The van der Waals surface area contributed by atoms with Crippen molar-refractivity contribution < 1.29 is 4.74 Å². The van der Waals surface area contributed by atoms with Crippen LogP contribution in [0.4, 0.5) is 10.9 Å². The number of halogens is 1. The van der Waals surface area contributed by atoms with Gasteiger partial charge in [-0.05, 0) is 6.07 Å². The number of thiazole rings is 1. The normalized spacial score (nSPS) is 10.8. The molecule has 2 aromatic rings. The Balaban J connectivity index is 2.09. The fraction of sp³-hybridized carbons (Fsp3) is 0.0909. The molecule has 1 aromatic carbocycles. The van der Waals surface area contributed by atoms with E-state index in [1.807, 2.05) is 12.1 Å². The first-order valence-electron chi connectivity index (χ1n) is 5.03. The zero-order valence-electron chi connectivity index (χ0n) is 9.55. The van der Waals surface area contributed by atoms with Crippen LogP contribution in [-0.4, -0.2) is 18.3 Å². The van der Waals surface area contributed by atoms with Crippen molar-refractivity contribution in [3.63, 3.8) is 0 Å². The summed E-state index contributed by atoms with van der Waals surface area (Å²) in [5, 5.41) is 6.92. The van der Waals surface area contributed by atoms with Gasteiger partial charge in [-0.3, -0.25) is 5.43 Å². The van der Waals surface area contributed by atoms with Gasteiger partial charge >= 0.3 is 0 Å². The van der Waals surface area contributed by atoms with E-state index in [0.717, 1.165) is 5.56 Å². The summed E-state index contributed by atoms with van der Waals surface area (Å²) in [6, 6.07) is 5.47. The van der Waals surface area contributed by atoms with E-state index >= 15 is 0 Å². The average molecular weight is 283 g/mol. The Kier molecular flexibility index (Phi) is 4.01. The fourth-order valence-corrected chi connectivity index (χ4v) is 2.08. The van der Waals surface area contributed by atoms with Crippen molar-refractivity contribution >= 4 is 40.1 Å². The maximum atomic E-state index is 6.12. The second-order valence-electron chi connectivity index (χ2n) is 3.31. The highest BCUT2D eigenvalue weighted by Gasteiger charge is 2.03. The van der Waals surface area contributed by atoms with E-state index in [2.05, 4.69) is 15.5 Å². The SMILES string of the molecule is COc1cccc(C=NNc2nc(N)cs2)c1Cl. The van der Waals surface area contributed by atoms with Gasteiger partial charge in [-0.1, -0.05) is 23.7 Å². The number of rotatable bonds is 4. The maximum absolute atomic E-state index is 6.12. The highest BCUT2D eigenvalue weighted by Crippen LogP contribution is 2.26. The summed E-state index contributed by atoms with van der Waals surface area (Å²) < 4.78 is 5.11. The lowest BCUT2D eigenvalue weighted by atomic mass is 10.2. The van der Waals surface area contributed by atoms with Crippen LogP contribution in [0.25, 0.3) is 0 Å². The highest BCUT2D eigenvalue weighted by atomic mass is 35.5. The van der Waals surface area contributed by atoms with Crippen LogP contribution in [0.5, 0.6) is 5.75 Å². The molecule has 0 aliphatic rings. The summed E-state index contributed by atoms with van der Waals surface area (Å²) in [4.78, 5) is 4.01. The minimum atomic E-state index is 0.470. The Labute approximate surface area is 113 Å². The molecule has 0 amide bonds. The number of nitrogens with two attached hydrogens (primary N) is 1. The van der Waals surface area contributed by atoms with E-state index < -0.39 is 0 Å². The third-order valence-electron chi connectivity index (χ3n) is 2.10. The zero-order chi connectivity index (χ0) is 13.0. The summed E-state index contributed by atoms with van der Waals surface area (Å²) in [6.45, 7) is 0. The number of nitrogens with zero attached hydrogens (tertiary/aromatic N) is 2. The van der Waals surface area contributed by atoms with Gasteiger partial charge in [0.25, 0.3) is 0 Å². The van der Waals surface area contributed by atoms with Crippen LogP contribution in [0.15, 0.2) is 28.7 Å². The highest BCUT2D eigenvalue weighted by molar-refractivity contribution is 7.14. The molecule has 94 valence electrons. The Morgan fingerprint density at radius 1 is 1.56 bits per heavy atom. The van der Waals surface area contributed by atoms with Crippen LogP contribution in [0.3, 0.4) is 0 Å². The molecule has 0 fully saturated rings. The van der Waals surface area contributed by atoms with Crippen molar-refractivity contribution in [3.05, 3.63) is 34.2 Å². The molecule has 5 nitrogen and oxygen atoms in total. The van der Waals surface area contributed by atoms with Crippen LogP contribution in [0.1, 0.15) is 5.56 Å². The second-order valence-corrected chi connectivity index (χ2v) is 4.55. The third-order valence-corrected chi connectivity index (χ3v) is 3.27. The molecular formula is C11H11ClN4OS. The van der Waals surface area contributed by atoms with Crippen molar-refractivity contribution in [3.8, 4) is 5.75 Å². The van der Waals surface area contributed by atoms with E-state index in [1.165, 1.54) is 11.3 Å². The summed E-state index contributed by atoms with van der Waals surface area (Å²) in [6.07, 6.45) is 1.60. The van der Waals surface area contributed by atoms with E-state index in [9.17, 15) is 0 Å². The van der Waals surface area contributed by atoms with Gasteiger partial charge in [-0.2, -0.15) is 5.10 Å². The van der Waals surface area contributed by atoms with Crippen molar-refractivity contribution in [1.82, 2.24) is 4.98 Å². The summed E-state index contributed by atoms with van der Waals surface area (Å²) >= 11 is 7.50. The Bertz CT molecular complexity index is 570. The Morgan fingerprint density at radius 2 is 2.39 bits per heavy atom. The van der Waals surface area contributed by atoms with Gasteiger partial charge in [0.2, 0.25) is 5.13 Å². The molecular weight excluding hydrogens is 272 g/mol. The van der Waals surface area contributed by atoms with Crippen molar-refractivity contribution in [1.29, 1.82) is 0 Å². The van der Waals surface area contributed by atoms with Crippen LogP contribution in [0.2, 0.25) is 5.02 Å². The molecule has 0 spiro atoms. The molecule has 1 heterocycles. The molecule has 0 radical (unpaired) electrons. The Morgan fingerprint density at radius 3 is 3.06 bits per heavy atom. The predicted molar refractivity (Wildman–Crippen MR) is 75.7 cm³/mol. The minimum absolute atomic E-state index is 0.470. The quantitative estimate of drug-likeness (QED) is 0.668. The van der Waals surface area contributed by atoms with Crippen LogP contribution >= 0.6 is 22.9 Å². The molecule has 18 heavy (non-hydrogen) atoms. The number of nitrogen functional groups attached to an aromatic ring is 1. The van der Waals surface area contributed by atoms with Crippen LogP contribution in [-0.2, 0) is 0 Å². The summed E-state index contributed by atoms with van der Waals surface area (Å²) in [5.41, 5.74) is 9.03. The number of hydrogen-bond acceptors (Lipinski definition) is 6. The molecule has 7 heteroatoms. The first-order valence-corrected chi connectivity index (χ1v) is 6.29. The van der Waals surface area contributed by atoms with Crippen molar-refractivity contribution in [2.75, 3.05) is 18.3 Å². The fourth-order valence-electron chi connectivity index (χ4n) is 1.28. The van der Waals surface area contributed by atoms with Crippen molar-refractivity contribution in [2.24, 2.45) is 5.10 Å². The number of methoxy groups -OCH3 is 1. The summed E-state index contributed by atoms with van der Waals surface area (Å²) in [7, 11) is 1.57. The molecule has 0 atom stereocenters. The molecule has 2 rings (SSSR count). The number of hydrazone groups is 1. The minimum Gasteiger partial charge on any atom is -0.495 e. The number of hydrogen-bond donors (Lipinski definition) is 2. The van der Waals surface area contributed by atoms with Crippen LogP contribution < -0.4 is 15.9 Å².